The number of nitrogens with zero attached hydrogens (tertiary/aromatic N) is 1. The molecule has 19 heavy (non-hydrogen) atoms. The van der Waals surface area contributed by atoms with Crippen molar-refractivity contribution in [3.05, 3.63) is 36.7 Å². The Labute approximate surface area is 110 Å². The zero-order chi connectivity index (χ0) is 13.2. The number of hydrogen-bond donors (Lipinski definition) is 3. The van der Waals surface area contributed by atoms with E-state index in [4.69, 9.17) is 0 Å². The summed E-state index contributed by atoms with van der Waals surface area (Å²) in [6.07, 6.45) is 4.05. The fraction of sp³-hybridized carbons (Fsp3) is 0.143. The number of carbonyl (C=O) groups excluding carboxylic acids is 1. The van der Waals surface area contributed by atoms with E-state index >= 15 is 0 Å². The lowest BCUT2D eigenvalue weighted by Crippen LogP contribution is -2.09. The van der Waals surface area contributed by atoms with E-state index in [9.17, 15) is 4.79 Å². The minimum absolute atomic E-state index is 0.0126. The first-order chi connectivity index (χ1) is 9.28. The summed E-state index contributed by atoms with van der Waals surface area (Å²) < 4.78 is 0. The van der Waals surface area contributed by atoms with Crippen LogP contribution in [0.25, 0.3) is 22.2 Å². The Kier molecular flexibility index (Phi) is 2.79. The number of anilines is 1. The highest BCUT2D eigenvalue weighted by Gasteiger charge is 2.09. The van der Waals surface area contributed by atoms with Gasteiger partial charge in [-0.15, -0.1) is 0 Å². The highest BCUT2D eigenvalue weighted by Crippen LogP contribution is 2.28. The number of fused-ring (bicyclic) bond motifs is 1. The molecule has 3 rings (SSSR count). The third-order valence-corrected chi connectivity index (χ3v) is 3.07. The van der Waals surface area contributed by atoms with Gasteiger partial charge in [0.25, 0.3) is 0 Å². The average Bonchev–Trinajstić information content (AvgIpc) is 3.07. The van der Waals surface area contributed by atoms with Crippen molar-refractivity contribution in [3.63, 3.8) is 0 Å². The second-order valence-electron chi connectivity index (χ2n) is 4.34. The third-order valence-electron chi connectivity index (χ3n) is 3.07. The van der Waals surface area contributed by atoms with Crippen molar-refractivity contribution in [1.82, 2.24) is 15.2 Å². The smallest absolute Gasteiger partial charge is 0.224 e. The van der Waals surface area contributed by atoms with Crippen LogP contribution in [0.3, 0.4) is 0 Å². The predicted molar refractivity (Wildman–Crippen MR) is 74.8 cm³/mol. The molecule has 5 nitrogen and oxygen atoms in total. The van der Waals surface area contributed by atoms with Crippen LogP contribution in [0.4, 0.5) is 5.69 Å². The first-order valence-electron chi connectivity index (χ1n) is 6.18. The number of nitrogens with one attached hydrogen (secondary N) is 3. The van der Waals surface area contributed by atoms with E-state index in [1.54, 1.807) is 6.20 Å². The number of H-pyrrole nitrogens is 2. The Balaban J connectivity index is 2.07. The highest BCUT2D eigenvalue weighted by atomic mass is 16.1. The molecule has 0 fully saturated rings. The molecule has 2 heterocycles. The van der Waals surface area contributed by atoms with Gasteiger partial charge in [-0.1, -0.05) is 13.0 Å². The molecule has 2 aromatic heterocycles. The van der Waals surface area contributed by atoms with Crippen molar-refractivity contribution >= 4 is 22.5 Å². The molecule has 0 atom stereocenters. The quantitative estimate of drug-likeness (QED) is 0.672. The zero-order valence-corrected chi connectivity index (χ0v) is 10.5. The van der Waals surface area contributed by atoms with Gasteiger partial charge in [0.15, 0.2) is 0 Å². The minimum Gasteiger partial charge on any atom is -0.354 e. The second-order valence-corrected chi connectivity index (χ2v) is 4.34. The molecule has 0 spiro atoms. The van der Waals surface area contributed by atoms with Gasteiger partial charge in [0.1, 0.15) is 0 Å². The predicted octanol–water partition coefficient (Wildman–Crippen LogP) is 2.91. The van der Waals surface area contributed by atoms with Crippen LogP contribution in [0, 0.1) is 0 Å². The van der Waals surface area contributed by atoms with Crippen LogP contribution in [0.1, 0.15) is 13.3 Å². The van der Waals surface area contributed by atoms with Crippen LogP contribution in [0.2, 0.25) is 0 Å². The monoisotopic (exact) mass is 254 g/mol. The number of amides is 1. The number of hydrogen-bond acceptors (Lipinski definition) is 2. The van der Waals surface area contributed by atoms with E-state index in [0.29, 0.717) is 6.42 Å². The summed E-state index contributed by atoms with van der Waals surface area (Å²) in [4.78, 5) is 14.8. The lowest BCUT2D eigenvalue weighted by Gasteiger charge is -2.04. The van der Waals surface area contributed by atoms with Gasteiger partial charge in [0.2, 0.25) is 5.91 Å². The van der Waals surface area contributed by atoms with Gasteiger partial charge in [-0.25, -0.2) is 0 Å². The topological polar surface area (TPSA) is 73.6 Å². The van der Waals surface area contributed by atoms with Crippen LogP contribution < -0.4 is 5.32 Å². The fourth-order valence-corrected chi connectivity index (χ4v) is 2.06. The van der Waals surface area contributed by atoms with Gasteiger partial charge < -0.3 is 10.3 Å². The largest absolute Gasteiger partial charge is 0.354 e. The van der Waals surface area contributed by atoms with Crippen molar-refractivity contribution in [2.24, 2.45) is 0 Å². The van der Waals surface area contributed by atoms with Crippen molar-refractivity contribution in [2.75, 3.05) is 5.32 Å². The average molecular weight is 254 g/mol. The summed E-state index contributed by atoms with van der Waals surface area (Å²) >= 11 is 0. The van der Waals surface area contributed by atoms with Gasteiger partial charge in [0, 0.05) is 34.8 Å². The zero-order valence-electron chi connectivity index (χ0n) is 10.5. The standard InChI is InChI=1S/C14H14N4O/c1-2-14(19)18-12-5-3-4-11-10(12)6-13(17-11)9-7-15-16-8-9/h3-8,17H,2H2,1H3,(H,15,16)(H,18,19). The van der Waals surface area contributed by atoms with E-state index in [2.05, 4.69) is 20.5 Å². The molecule has 5 heteroatoms. The molecule has 0 aliphatic carbocycles. The second kappa shape index (κ2) is 4.61. The van der Waals surface area contributed by atoms with Gasteiger partial charge in [-0.05, 0) is 18.2 Å². The van der Waals surface area contributed by atoms with Gasteiger partial charge >= 0.3 is 0 Å². The summed E-state index contributed by atoms with van der Waals surface area (Å²) in [6.45, 7) is 1.84. The number of benzene rings is 1. The molecule has 0 saturated carbocycles. The lowest BCUT2D eigenvalue weighted by molar-refractivity contribution is -0.115. The van der Waals surface area contributed by atoms with Crippen molar-refractivity contribution in [2.45, 2.75) is 13.3 Å². The summed E-state index contributed by atoms with van der Waals surface area (Å²) in [5, 5.41) is 10.6. The summed E-state index contributed by atoms with van der Waals surface area (Å²) in [6, 6.07) is 7.83. The highest BCUT2D eigenvalue weighted by molar-refractivity contribution is 6.02. The molecule has 1 amide bonds. The number of carbonyl (C=O) groups is 1. The Morgan fingerprint density at radius 2 is 2.32 bits per heavy atom. The normalized spacial score (nSPS) is 10.8. The Bertz CT molecular complexity index is 712. The molecule has 96 valence electrons. The van der Waals surface area contributed by atoms with Crippen LogP contribution in [0.15, 0.2) is 36.7 Å². The molecule has 0 saturated heterocycles. The Morgan fingerprint density at radius 3 is 3.05 bits per heavy atom. The van der Waals surface area contributed by atoms with Crippen molar-refractivity contribution in [3.8, 4) is 11.3 Å². The Morgan fingerprint density at radius 1 is 1.42 bits per heavy atom. The summed E-state index contributed by atoms with van der Waals surface area (Å²) in [5.74, 6) is 0.0126. The number of rotatable bonds is 3. The molecule has 1 aromatic carbocycles. The SMILES string of the molecule is CCC(=O)Nc1cccc2[nH]c(-c3cn[nH]c3)cc12. The van der Waals surface area contributed by atoms with Crippen LogP contribution in [0.5, 0.6) is 0 Å². The van der Waals surface area contributed by atoms with Crippen molar-refractivity contribution < 1.29 is 4.79 Å². The molecule has 0 aliphatic rings. The van der Waals surface area contributed by atoms with E-state index in [1.165, 1.54) is 0 Å². The first-order valence-corrected chi connectivity index (χ1v) is 6.18. The van der Waals surface area contributed by atoms with Crippen LogP contribution in [-0.2, 0) is 4.79 Å². The minimum atomic E-state index is 0.0126. The summed E-state index contributed by atoms with van der Waals surface area (Å²) in [5.41, 5.74) is 3.78. The molecule has 0 unspecified atom stereocenters. The third kappa shape index (κ3) is 2.10. The van der Waals surface area contributed by atoms with Crippen molar-refractivity contribution in [1.29, 1.82) is 0 Å². The van der Waals surface area contributed by atoms with E-state index in [0.717, 1.165) is 27.8 Å². The molecule has 0 bridgehead atoms. The Hall–Kier alpha value is -2.56. The van der Waals surface area contributed by atoms with Gasteiger partial charge in [-0.2, -0.15) is 5.10 Å². The van der Waals surface area contributed by atoms with Gasteiger partial charge in [-0.3, -0.25) is 9.89 Å². The summed E-state index contributed by atoms with van der Waals surface area (Å²) in [7, 11) is 0. The molecule has 0 aliphatic heterocycles. The number of aromatic nitrogens is 3. The van der Waals surface area contributed by atoms with E-state index in [1.807, 2.05) is 37.4 Å². The maximum Gasteiger partial charge on any atom is 0.224 e. The molecule has 0 radical (unpaired) electrons. The van der Waals surface area contributed by atoms with Gasteiger partial charge in [0.05, 0.1) is 11.9 Å². The van der Waals surface area contributed by atoms with E-state index in [-0.39, 0.29) is 5.91 Å². The molecule has 3 aromatic rings. The maximum absolute atomic E-state index is 11.5. The maximum atomic E-state index is 11.5. The molecular weight excluding hydrogens is 240 g/mol. The van der Waals surface area contributed by atoms with Crippen LogP contribution >= 0.6 is 0 Å². The van der Waals surface area contributed by atoms with Crippen LogP contribution in [-0.4, -0.2) is 21.1 Å². The fourth-order valence-electron chi connectivity index (χ4n) is 2.06. The molecular formula is C14H14N4O. The lowest BCUT2D eigenvalue weighted by atomic mass is 10.2. The first kappa shape index (κ1) is 11.5. The number of aromatic amines is 2. The molecule has 3 N–H and O–H groups in total. The van der Waals surface area contributed by atoms with E-state index < -0.39 is 0 Å².